The molecule has 3 nitrogen and oxygen atoms in total. The molecule has 0 bridgehead atoms. The summed E-state index contributed by atoms with van der Waals surface area (Å²) in [6.07, 6.45) is 0.0277. The smallest absolute Gasteiger partial charge is 0.103 e. The first kappa shape index (κ1) is 12.4. The van der Waals surface area contributed by atoms with Crippen LogP contribution in [0.5, 0.6) is 0 Å². The molecule has 0 heterocycles. The molecule has 0 aromatic rings. The summed E-state index contributed by atoms with van der Waals surface area (Å²) < 4.78 is 0. The van der Waals surface area contributed by atoms with Crippen molar-refractivity contribution in [2.45, 2.75) is 46.8 Å². The third-order valence-electron chi connectivity index (χ3n) is 1.88. The van der Waals surface area contributed by atoms with E-state index in [1.54, 1.807) is 0 Å². The minimum absolute atomic E-state index is 0.0277. The Balaban J connectivity index is 4.61. The van der Waals surface area contributed by atoms with Crippen LogP contribution < -0.4 is 5.73 Å². The topological polar surface area (TPSA) is 41.6 Å². The van der Waals surface area contributed by atoms with Crippen LogP contribution in [0.2, 0.25) is 0 Å². The Hall–Kier alpha value is -0.570. The Labute approximate surface area is 82.0 Å². The van der Waals surface area contributed by atoms with Gasteiger partial charge in [0.2, 0.25) is 0 Å². The minimum atomic E-state index is 0.0277. The number of aliphatic imine (C=N–C) groups is 1. The summed E-state index contributed by atoms with van der Waals surface area (Å²) >= 11 is 0. The average molecular weight is 185 g/mol. The highest BCUT2D eigenvalue weighted by Crippen LogP contribution is 2.05. The Kier molecular flexibility index (Phi) is 4.99. The van der Waals surface area contributed by atoms with E-state index in [2.05, 4.69) is 32.7 Å². The molecule has 3 heteroatoms. The van der Waals surface area contributed by atoms with Gasteiger partial charge in [-0.1, -0.05) is 13.8 Å². The Morgan fingerprint density at radius 1 is 1.15 bits per heavy atom. The average Bonchev–Trinajstić information content (AvgIpc) is 1.97. The zero-order valence-corrected chi connectivity index (χ0v) is 9.70. The summed E-state index contributed by atoms with van der Waals surface area (Å²) in [6, 6.07) is 0.332. The van der Waals surface area contributed by atoms with Crippen molar-refractivity contribution in [3.63, 3.8) is 0 Å². The van der Waals surface area contributed by atoms with E-state index in [1.165, 1.54) is 0 Å². The lowest BCUT2D eigenvalue weighted by molar-refractivity contribution is 0.380. The highest BCUT2D eigenvalue weighted by atomic mass is 15.2. The third kappa shape index (κ3) is 4.27. The van der Waals surface area contributed by atoms with Crippen molar-refractivity contribution in [3.8, 4) is 0 Å². The fourth-order valence-electron chi connectivity index (χ4n) is 1.12. The maximum absolute atomic E-state index is 5.80. The lowest BCUT2D eigenvalue weighted by atomic mass is 10.1. The predicted molar refractivity (Wildman–Crippen MR) is 58.8 cm³/mol. The van der Waals surface area contributed by atoms with Gasteiger partial charge in [-0.3, -0.25) is 4.99 Å². The van der Waals surface area contributed by atoms with Gasteiger partial charge in [-0.15, -0.1) is 0 Å². The largest absolute Gasteiger partial charge is 0.348 e. The zero-order chi connectivity index (χ0) is 10.6. The molecule has 0 aliphatic rings. The fraction of sp³-hybridized carbons (Fsp3) is 0.900. The van der Waals surface area contributed by atoms with E-state index < -0.39 is 0 Å². The lowest BCUT2D eigenvalue weighted by Gasteiger charge is -2.28. The molecule has 0 saturated heterocycles. The van der Waals surface area contributed by atoms with E-state index in [-0.39, 0.29) is 6.17 Å². The van der Waals surface area contributed by atoms with Gasteiger partial charge in [0.25, 0.3) is 0 Å². The first-order valence-corrected chi connectivity index (χ1v) is 4.92. The number of hydrogen-bond donors (Lipinski definition) is 1. The van der Waals surface area contributed by atoms with Crippen LogP contribution in [-0.4, -0.2) is 30.0 Å². The highest BCUT2D eigenvalue weighted by Gasteiger charge is 2.13. The van der Waals surface area contributed by atoms with Crippen molar-refractivity contribution in [1.29, 1.82) is 0 Å². The third-order valence-corrected chi connectivity index (χ3v) is 1.88. The number of amidine groups is 1. The van der Waals surface area contributed by atoms with Crippen molar-refractivity contribution >= 4 is 5.84 Å². The number of rotatable bonds is 3. The van der Waals surface area contributed by atoms with Gasteiger partial charge in [0.1, 0.15) is 5.84 Å². The van der Waals surface area contributed by atoms with Crippen molar-refractivity contribution in [2.75, 3.05) is 7.05 Å². The summed E-state index contributed by atoms with van der Waals surface area (Å²) in [6.45, 7) is 10.4. The number of nitrogens with two attached hydrogens (primary N) is 1. The highest BCUT2D eigenvalue weighted by molar-refractivity contribution is 5.84. The van der Waals surface area contributed by atoms with E-state index in [1.807, 2.05) is 18.9 Å². The van der Waals surface area contributed by atoms with Crippen LogP contribution >= 0.6 is 0 Å². The van der Waals surface area contributed by atoms with Crippen LogP contribution in [0.3, 0.4) is 0 Å². The van der Waals surface area contributed by atoms with E-state index in [4.69, 9.17) is 5.73 Å². The molecule has 0 saturated carbocycles. The summed E-state index contributed by atoms with van der Waals surface area (Å²) in [5.74, 6) is 1.52. The van der Waals surface area contributed by atoms with Crippen LogP contribution in [0.15, 0.2) is 4.99 Å². The Morgan fingerprint density at radius 3 is 1.85 bits per heavy atom. The molecule has 0 amide bonds. The second-order valence-electron chi connectivity index (χ2n) is 4.09. The molecule has 0 spiro atoms. The van der Waals surface area contributed by atoms with Crippen LogP contribution in [0, 0.1) is 5.92 Å². The molecule has 0 rings (SSSR count). The van der Waals surface area contributed by atoms with Gasteiger partial charge >= 0.3 is 0 Å². The van der Waals surface area contributed by atoms with Crippen molar-refractivity contribution in [3.05, 3.63) is 0 Å². The van der Waals surface area contributed by atoms with E-state index in [9.17, 15) is 0 Å². The first-order chi connectivity index (χ1) is 5.86. The molecule has 0 unspecified atom stereocenters. The van der Waals surface area contributed by atoms with Crippen molar-refractivity contribution in [1.82, 2.24) is 4.90 Å². The van der Waals surface area contributed by atoms with Gasteiger partial charge in [-0.2, -0.15) is 0 Å². The molecule has 0 aliphatic heterocycles. The van der Waals surface area contributed by atoms with E-state index >= 15 is 0 Å². The van der Waals surface area contributed by atoms with Crippen LogP contribution in [0.1, 0.15) is 34.6 Å². The number of hydrogen-bond acceptors (Lipinski definition) is 2. The Bertz CT molecular complexity index is 171. The fourth-order valence-corrected chi connectivity index (χ4v) is 1.12. The second kappa shape index (κ2) is 5.22. The number of nitrogens with zero attached hydrogens (tertiary/aromatic N) is 2. The van der Waals surface area contributed by atoms with Gasteiger partial charge in [0, 0.05) is 19.0 Å². The molecule has 0 aromatic heterocycles. The summed E-state index contributed by atoms with van der Waals surface area (Å²) in [4.78, 5) is 6.59. The van der Waals surface area contributed by atoms with E-state index in [0.29, 0.717) is 12.0 Å². The molecular weight excluding hydrogens is 162 g/mol. The zero-order valence-electron chi connectivity index (χ0n) is 9.70. The molecule has 0 fully saturated rings. The quantitative estimate of drug-likeness (QED) is 0.413. The lowest BCUT2D eigenvalue weighted by Crippen LogP contribution is -2.43. The van der Waals surface area contributed by atoms with Crippen molar-refractivity contribution in [2.24, 2.45) is 16.6 Å². The molecule has 2 N–H and O–H groups in total. The SMILES string of the molecule is CC(C)/N=C(/C(C)C)N(C)[C@@H](C)N. The standard InChI is InChI=1S/C10H23N3/c1-7(2)10(12-8(3)4)13(6)9(5)11/h7-9H,11H2,1-6H3/b12-10-/t9-/m0/s1. The summed E-state index contributed by atoms with van der Waals surface area (Å²) in [5.41, 5.74) is 5.80. The molecule has 0 aromatic carbocycles. The molecule has 78 valence electrons. The maximum Gasteiger partial charge on any atom is 0.103 e. The minimum Gasteiger partial charge on any atom is -0.348 e. The Morgan fingerprint density at radius 2 is 1.62 bits per heavy atom. The molecule has 0 aliphatic carbocycles. The van der Waals surface area contributed by atoms with Gasteiger partial charge in [0.15, 0.2) is 0 Å². The molecule has 1 atom stereocenters. The predicted octanol–water partition coefficient (Wildman–Crippen LogP) is 1.69. The molecule has 0 radical (unpaired) electrons. The molecule has 13 heavy (non-hydrogen) atoms. The normalized spacial score (nSPS) is 15.3. The van der Waals surface area contributed by atoms with E-state index in [0.717, 1.165) is 5.84 Å². The van der Waals surface area contributed by atoms with Gasteiger partial charge in [0.05, 0.1) is 6.17 Å². The molecular formula is C10H23N3. The summed E-state index contributed by atoms with van der Waals surface area (Å²) in [7, 11) is 1.99. The van der Waals surface area contributed by atoms with Crippen LogP contribution in [0.25, 0.3) is 0 Å². The van der Waals surface area contributed by atoms with Gasteiger partial charge < -0.3 is 10.6 Å². The monoisotopic (exact) mass is 185 g/mol. The second-order valence-corrected chi connectivity index (χ2v) is 4.09. The summed E-state index contributed by atoms with van der Waals surface area (Å²) in [5, 5.41) is 0. The first-order valence-electron chi connectivity index (χ1n) is 4.92. The maximum atomic E-state index is 5.80. The van der Waals surface area contributed by atoms with Crippen LogP contribution in [-0.2, 0) is 0 Å². The van der Waals surface area contributed by atoms with Gasteiger partial charge in [-0.05, 0) is 20.8 Å². The van der Waals surface area contributed by atoms with Crippen molar-refractivity contribution < 1.29 is 0 Å². The van der Waals surface area contributed by atoms with Gasteiger partial charge in [-0.25, -0.2) is 0 Å². The van der Waals surface area contributed by atoms with Crippen LogP contribution in [0.4, 0.5) is 0 Å².